The van der Waals surface area contributed by atoms with E-state index in [0.717, 1.165) is 35.5 Å². The first-order chi connectivity index (χ1) is 22.8. The van der Waals surface area contributed by atoms with Gasteiger partial charge in [0.05, 0.1) is 35.2 Å². The molecule has 2 radical (unpaired) electrons. The summed E-state index contributed by atoms with van der Waals surface area (Å²) < 4.78 is 0. The molecule has 2 nitrogen and oxygen atoms in total. The Morgan fingerprint density at radius 2 is 0.745 bits per heavy atom. The van der Waals surface area contributed by atoms with Crippen LogP contribution in [0.5, 0.6) is 0 Å². The van der Waals surface area contributed by atoms with Crippen LogP contribution in [0.1, 0.15) is 77.0 Å². The van der Waals surface area contributed by atoms with Crippen molar-refractivity contribution < 1.29 is 19.5 Å². The second-order valence-corrected chi connectivity index (χ2v) is 28.9. The molecule has 7 heteroatoms. The van der Waals surface area contributed by atoms with Crippen LogP contribution in [-0.2, 0) is 19.5 Å². The number of hydrogen-bond acceptors (Lipinski definition) is 0. The molecule has 8 bridgehead atoms. The fraction of sp³-hybridized carbons (Fsp3) is 0.636. The molecule has 0 spiro atoms. The largest absolute Gasteiger partial charge is 4.00 e. The average molecular weight is 840 g/mol. The van der Waals surface area contributed by atoms with E-state index in [0.29, 0.717) is 0 Å². The summed E-state index contributed by atoms with van der Waals surface area (Å²) >= 11 is 0. The van der Waals surface area contributed by atoms with Gasteiger partial charge in [0.15, 0.2) is 0 Å². The minimum atomic E-state index is -0.590. The Morgan fingerprint density at radius 1 is 0.510 bits per heavy atom. The summed E-state index contributed by atoms with van der Waals surface area (Å²) in [7, 11) is -1.70. The van der Waals surface area contributed by atoms with Gasteiger partial charge in [0, 0.05) is 38.5 Å². The zero-order valence-corrected chi connectivity index (χ0v) is 40.0. The topological polar surface area (TPSA) is 8.72 Å². The summed E-state index contributed by atoms with van der Waals surface area (Å²) in [4.78, 5) is 7.86. The van der Waals surface area contributed by atoms with Gasteiger partial charge in [-0.2, -0.15) is 0 Å². The third kappa shape index (κ3) is 11.5. The molecular weight excluding hydrogens is 770 g/mol. The molecular formula is C44H70N2RuSi4+2. The van der Waals surface area contributed by atoms with E-state index in [-0.39, 0.29) is 63.0 Å². The van der Waals surface area contributed by atoms with E-state index in [1.807, 2.05) is 0 Å². The molecule has 2 aromatic carbocycles. The molecule has 8 saturated carbocycles. The van der Waals surface area contributed by atoms with Crippen molar-refractivity contribution in [2.45, 2.75) is 141 Å². The average Bonchev–Trinajstić information content (AvgIpc) is 3.04. The molecule has 0 saturated heterocycles. The van der Waals surface area contributed by atoms with Gasteiger partial charge in [0.25, 0.3) is 0 Å². The Hall–Kier alpha value is -1.09. The first-order valence-corrected chi connectivity index (χ1v) is 30.2. The Balaban J connectivity index is 0.000000231. The smallest absolute Gasteiger partial charge is 0.358 e. The molecule has 2 aromatic rings. The Labute approximate surface area is 335 Å². The molecule has 8 fully saturated rings. The third-order valence-corrected chi connectivity index (χ3v) is 19.9. The van der Waals surface area contributed by atoms with Crippen molar-refractivity contribution in [3.05, 3.63) is 86.2 Å². The zero-order chi connectivity index (χ0) is 34.6. The van der Waals surface area contributed by atoms with E-state index < -0.39 is 17.6 Å². The van der Waals surface area contributed by atoms with Gasteiger partial charge in [-0.3, -0.25) is 0 Å². The van der Waals surface area contributed by atoms with Crippen LogP contribution in [0, 0.1) is 63.5 Å². The van der Waals surface area contributed by atoms with Gasteiger partial charge in [-0.1, -0.05) is 122 Å². The molecule has 0 amide bonds. The predicted octanol–water partition coefficient (Wildman–Crippen LogP) is 9.33. The minimum absolute atomic E-state index is 0. The molecule has 8 aliphatic carbocycles. The predicted molar refractivity (Wildman–Crippen MR) is 232 cm³/mol. The molecule has 0 atom stereocenters. The van der Waals surface area contributed by atoms with Gasteiger partial charge in [0.1, 0.15) is 0 Å². The minimum Gasteiger partial charge on any atom is -0.358 e. The summed E-state index contributed by atoms with van der Waals surface area (Å²) in [6, 6.07) is 18.0. The maximum atomic E-state index is 7.30. The summed E-state index contributed by atoms with van der Waals surface area (Å²) in [6.07, 6.45) is 16.2. The van der Waals surface area contributed by atoms with Crippen LogP contribution in [-0.4, -0.2) is 46.3 Å². The van der Waals surface area contributed by atoms with Gasteiger partial charge in [-0.25, -0.2) is 13.1 Å². The fourth-order valence-electron chi connectivity index (χ4n) is 11.3. The molecule has 278 valence electrons. The molecule has 0 heterocycles. The van der Waals surface area contributed by atoms with Crippen molar-refractivity contribution in [1.82, 2.24) is 0 Å². The Kier molecular flexibility index (Phi) is 18.1. The summed E-state index contributed by atoms with van der Waals surface area (Å²) in [5.74, 6) is 5.61. The van der Waals surface area contributed by atoms with Crippen LogP contribution in [0.25, 0.3) is 9.69 Å². The molecule has 0 N–H and O–H groups in total. The van der Waals surface area contributed by atoms with Crippen molar-refractivity contribution in [2.24, 2.45) is 35.5 Å². The van der Waals surface area contributed by atoms with Crippen LogP contribution in [0.4, 0.5) is 0 Å². The first-order valence-electron chi connectivity index (χ1n) is 19.4. The van der Waals surface area contributed by atoms with Crippen molar-refractivity contribution >= 4 is 55.9 Å². The SMILES string of the molecule is C[SiH](C)c1ccccc1[SiH](C)C.C[Si](C)c1ccccc1[Si](C)C.[C-]#[N+]C12CC3CC(CC(C3)C1)C2.[C-]#[N+]C12CC3CC(CC(C3)C1)C2.[CH3-].[CH3-].[Ru+4]. The number of rotatable bonds is 4. The molecule has 0 aromatic heterocycles. The first kappa shape index (κ1) is 46.1. The van der Waals surface area contributed by atoms with Crippen LogP contribution in [0.15, 0.2) is 48.5 Å². The Morgan fingerprint density at radius 3 is 0.941 bits per heavy atom. The van der Waals surface area contributed by atoms with E-state index >= 15 is 0 Å². The van der Waals surface area contributed by atoms with E-state index in [1.165, 1.54) is 77.0 Å². The monoisotopic (exact) mass is 840 g/mol. The van der Waals surface area contributed by atoms with E-state index in [1.54, 1.807) is 20.7 Å². The van der Waals surface area contributed by atoms with E-state index in [2.05, 4.69) is 111 Å². The summed E-state index contributed by atoms with van der Waals surface area (Å²) in [5, 5.41) is 6.67. The van der Waals surface area contributed by atoms with Gasteiger partial charge in [-0.15, -0.1) is 0 Å². The van der Waals surface area contributed by atoms with Gasteiger partial charge in [0.2, 0.25) is 11.1 Å². The van der Waals surface area contributed by atoms with E-state index in [4.69, 9.17) is 13.1 Å². The number of benzene rings is 2. The van der Waals surface area contributed by atoms with Crippen molar-refractivity contribution in [2.75, 3.05) is 0 Å². The van der Waals surface area contributed by atoms with Crippen LogP contribution >= 0.6 is 0 Å². The zero-order valence-electron chi connectivity index (χ0n) is 34.0. The van der Waals surface area contributed by atoms with Crippen LogP contribution in [0.3, 0.4) is 0 Å². The molecule has 51 heavy (non-hydrogen) atoms. The maximum Gasteiger partial charge on any atom is 4.00 e. The maximum absolute atomic E-state index is 7.30. The Bertz CT molecular complexity index is 1220. The molecule has 0 unspecified atom stereocenters. The van der Waals surface area contributed by atoms with Gasteiger partial charge in [-0.05, 0) is 74.0 Å². The van der Waals surface area contributed by atoms with Crippen molar-refractivity contribution in [3.63, 3.8) is 0 Å². The van der Waals surface area contributed by atoms with Crippen molar-refractivity contribution in [1.29, 1.82) is 0 Å². The molecule has 0 aliphatic heterocycles. The van der Waals surface area contributed by atoms with Crippen LogP contribution < -0.4 is 20.7 Å². The second-order valence-electron chi connectivity index (χ2n) is 18.0. The van der Waals surface area contributed by atoms with Gasteiger partial charge >= 0.3 is 19.5 Å². The third-order valence-electron chi connectivity index (χ3n) is 12.7. The molecule has 10 rings (SSSR count). The summed E-state index contributed by atoms with van der Waals surface area (Å²) in [6.45, 7) is 33.7. The van der Waals surface area contributed by atoms with Crippen LogP contribution in [0.2, 0.25) is 52.4 Å². The van der Waals surface area contributed by atoms with Crippen molar-refractivity contribution in [3.8, 4) is 0 Å². The second kappa shape index (κ2) is 20.0. The molecule has 8 aliphatic rings. The number of nitrogens with zero attached hydrogens (tertiary/aromatic N) is 2. The number of hydrogen-bond donors (Lipinski definition) is 0. The standard InChI is InChI=1S/2C11H15N.C10H18Si2.C10H16Si2.2CH3.Ru/c2*1-12-11-5-8-2-9(6-11)4-10(3-8)7-11;2*1-11(2)9-7-5-6-8-10(9)12(3)4;;;/h2*8-10H,2-7H2;5-8,11-12H,1-4H3;5-8H,1-4H3;2*1H3;/q;;;;2*-1;+4. The quantitative estimate of drug-likeness (QED) is 0.215. The van der Waals surface area contributed by atoms with Gasteiger partial charge < -0.3 is 24.5 Å². The summed E-state index contributed by atoms with van der Waals surface area (Å²) in [5.41, 5.74) is 0.267. The van der Waals surface area contributed by atoms with E-state index in [9.17, 15) is 0 Å². The fourth-order valence-corrected chi connectivity index (χ4v) is 19.4. The normalized spacial score (nSPS) is 31.3.